The fraction of sp³-hybridized carbons (Fsp3) is 0.222. The molecule has 0 unspecified atom stereocenters. The first-order valence-electron chi connectivity index (χ1n) is 7.88. The smallest absolute Gasteiger partial charge is 0.306 e. The Morgan fingerprint density at radius 1 is 1.12 bits per heavy atom. The van der Waals surface area contributed by atoms with E-state index in [0.29, 0.717) is 18.8 Å². The zero-order chi connectivity index (χ0) is 18.9. The first-order chi connectivity index (χ1) is 12.5. The van der Waals surface area contributed by atoms with Crippen LogP contribution in [0.5, 0.6) is 5.75 Å². The van der Waals surface area contributed by atoms with Crippen LogP contribution in [-0.2, 0) is 16.1 Å². The van der Waals surface area contributed by atoms with Crippen LogP contribution in [0, 0.1) is 10.1 Å². The summed E-state index contributed by atoms with van der Waals surface area (Å²) < 4.78 is 10.5. The van der Waals surface area contributed by atoms with E-state index in [9.17, 15) is 19.7 Å². The SMILES string of the molecule is NC(=O)c1ccc(COC(=O)CCCOc2ccccc2)c([N+](=O)[O-])c1. The lowest BCUT2D eigenvalue weighted by Crippen LogP contribution is -2.12. The first kappa shape index (κ1) is 18.9. The van der Waals surface area contributed by atoms with Crippen molar-refractivity contribution in [1.29, 1.82) is 0 Å². The summed E-state index contributed by atoms with van der Waals surface area (Å²) in [5, 5.41) is 11.1. The molecular weight excluding hydrogens is 340 g/mol. The van der Waals surface area contributed by atoms with Gasteiger partial charge in [-0.25, -0.2) is 0 Å². The van der Waals surface area contributed by atoms with Crippen molar-refractivity contribution in [2.75, 3.05) is 6.61 Å². The van der Waals surface area contributed by atoms with Crippen LogP contribution in [0.15, 0.2) is 48.5 Å². The Bertz CT molecular complexity index is 792. The lowest BCUT2D eigenvalue weighted by atomic mass is 10.1. The van der Waals surface area contributed by atoms with Gasteiger partial charge in [-0.3, -0.25) is 19.7 Å². The lowest BCUT2D eigenvalue weighted by Gasteiger charge is -2.08. The number of nitro benzene ring substituents is 1. The summed E-state index contributed by atoms with van der Waals surface area (Å²) in [6.45, 7) is 0.0975. The summed E-state index contributed by atoms with van der Waals surface area (Å²) in [6.07, 6.45) is 0.580. The highest BCUT2D eigenvalue weighted by atomic mass is 16.6. The van der Waals surface area contributed by atoms with Crippen molar-refractivity contribution >= 4 is 17.6 Å². The minimum atomic E-state index is -0.768. The monoisotopic (exact) mass is 358 g/mol. The maximum atomic E-state index is 11.8. The van der Waals surface area contributed by atoms with Crippen molar-refractivity contribution in [2.45, 2.75) is 19.4 Å². The van der Waals surface area contributed by atoms with Gasteiger partial charge in [-0.1, -0.05) is 18.2 Å². The topological polar surface area (TPSA) is 122 Å². The molecule has 2 N–H and O–H groups in total. The average Bonchev–Trinajstić information content (AvgIpc) is 2.64. The number of hydrogen-bond donors (Lipinski definition) is 1. The molecule has 2 rings (SSSR count). The van der Waals surface area contributed by atoms with Crippen molar-refractivity contribution in [2.24, 2.45) is 5.73 Å². The predicted octanol–water partition coefficient (Wildman–Crippen LogP) is 2.60. The normalized spacial score (nSPS) is 10.2. The number of benzene rings is 2. The third-order valence-electron chi connectivity index (χ3n) is 3.49. The first-order valence-corrected chi connectivity index (χ1v) is 7.88. The molecule has 2 aromatic rings. The van der Waals surface area contributed by atoms with Gasteiger partial charge in [0, 0.05) is 18.1 Å². The van der Waals surface area contributed by atoms with Crippen molar-refractivity contribution < 1.29 is 24.0 Å². The van der Waals surface area contributed by atoms with Crippen molar-refractivity contribution in [3.05, 3.63) is 69.8 Å². The Labute approximate surface area is 149 Å². The third kappa shape index (κ3) is 5.59. The summed E-state index contributed by atoms with van der Waals surface area (Å²) in [7, 11) is 0. The van der Waals surface area contributed by atoms with Crippen LogP contribution in [-0.4, -0.2) is 23.4 Å². The van der Waals surface area contributed by atoms with Gasteiger partial charge in [0.1, 0.15) is 12.4 Å². The maximum Gasteiger partial charge on any atom is 0.306 e. The van der Waals surface area contributed by atoms with Gasteiger partial charge >= 0.3 is 5.97 Å². The molecule has 0 aromatic heterocycles. The second-order valence-corrected chi connectivity index (χ2v) is 5.39. The Hall–Kier alpha value is -3.42. The summed E-state index contributed by atoms with van der Waals surface area (Å²) in [6, 6.07) is 13.0. The molecule has 8 nitrogen and oxygen atoms in total. The minimum absolute atomic E-state index is 0.0184. The van der Waals surface area contributed by atoms with E-state index in [1.807, 2.05) is 30.3 Å². The van der Waals surface area contributed by atoms with Gasteiger partial charge in [-0.2, -0.15) is 0 Å². The van der Waals surface area contributed by atoms with Gasteiger partial charge < -0.3 is 15.2 Å². The van der Waals surface area contributed by atoms with Gasteiger partial charge in [0.25, 0.3) is 5.69 Å². The molecule has 0 heterocycles. The Kier molecular flexibility index (Phi) is 6.67. The molecule has 0 aliphatic carbocycles. The van der Waals surface area contributed by atoms with Gasteiger partial charge in [-0.15, -0.1) is 0 Å². The number of amides is 1. The lowest BCUT2D eigenvalue weighted by molar-refractivity contribution is -0.385. The summed E-state index contributed by atoms with van der Waals surface area (Å²) >= 11 is 0. The second kappa shape index (κ2) is 9.16. The number of carbonyl (C=O) groups is 2. The molecule has 2 aromatic carbocycles. The van der Waals surface area contributed by atoms with E-state index in [0.717, 1.165) is 6.07 Å². The molecule has 0 aliphatic rings. The molecule has 26 heavy (non-hydrogen) atoms. The molecule has 8 heteroatoms. The second-order valence-electron chi connectivity index (χ2n) is 5.39. The number of rotatable bonds is 9. The minimum Gasteiger partial charge on any atom is -0.494 e. The summed E-state index contributed by atoms with van der Waals surface area (Å²) in [4.78, 5) is 33.3. The highest BCUT2D eigenvalue weighted by Crippen LogP contribution is 2.21. The van der Waals surface area contributed by atoms with E-state index < -0.39 is 16.8 Å². The Morgan fingerprint density at radius 2 is 1.85 bits per heavy atom. The molecular formula is C18H18N2O6. The number of ether oxygens (including phenoxy) is 2. The number of para-hydroxylation sites is 1. The molecule has 0 fully saturated rings. The van der Waals surface area contributed by atoms with Gasteiger partial charge in [0.15, 0.2) is 0 Å². The molecule has 0 saturated heterocycles. The largest absolute Gasteiger partial charge is 0.494 e. The van der Waals surface area contributed by atoms with Gasteiger partial charge in [-0.05, 0) is 30.7 Å². The zero-order valence-electron chi connectivity index (χ0n) is 13.9. The molecule has 0 aliphatic heterocycles. The highest BCUT2D eigenvalue weighted by Gasteiger charge is 2.17. The Balaban J connectivity index is 1.81. The fourth-order valence-electron chi connectivity index (χ4n) is 2.16. The zero-order valence-corrected chi connectivity index (χ0v) is 13.9. The molecule has 0 bridgehead atoms. The number of carbonyl (C=O) groups excluding carboxylic acids is 2. The molecule has 0 atom stereocenters. The number of hydrogen-bond acceptors (Lipinski definition) is 6. The van der Waals surface area contributed by atoms with Crippen LogP contribution in [0.25, 0.3) is 0 Å². The van der Waals surface area contributed by atoms with Crippen LogP contribution in [0.1, 0.15) is 28.8 Å². The van der Waals surface area contributed by atoms with E-state index in [1.165, 1.54) is 12.1 Å². The molecule has 1 amide bonds. The molecule has 0 radical (unpaired) electrons. The highest BCUT2D eigenvalue weighted by molar-refractivity contribution is 5.93. The summed E-state index contributed by atoms with van der Waals surface area (Å²) in [5.74, 6) is -0.545. The van der Waals surface area contributed by atoms with Crippen LogP contribution >= 0.6 is 0 Å². The maximum absolute atomic E-state index is 11.8. The number of nitrogens with zero attached hydrogens (tertiary/aromatic N) is 1. The van der Waals surface area contributed by atoms with Crippen molar-refractivity contribution in [3.63, 3.8) is 0 Å². The average molecular weight is 358 g/mol. The van der Waals surface area contributed by atoms with E-state index in [2.05, 4.69) is 0 Å². The quantitative estimate of drug-likeness (QED) is 0.318. The van der Waals surface area contributed by atoms with E-state index in [4.69, 9.17) is 15.2 Å². The fourth-order valence-corrected chi connectivity index (χ4v) is 2.16. The molecule has 136 valence electrons. The summed E-state index contributed by atoms with van der Waals surface area (Å²) in [5.41, 5.74) is 5.00. The van der Waals surface area contributed by atoms with Crippen LogP contribution in [0.4, 0.5) is 5.69 Å². The van der Waals surface area contributed by atoms with Gasteiger partial charge in [0.05, 0.1) is 17.1 Å². The van der Waals surface area contributed by atoms with Crippen molar-refractivity contribution in [3.8, 4) is 5.75 Å². The van der Waals surface area contributed by atoms with E-state index in [1.54, 1.807) is 0 Å². The molecule has 0 saturated carbocycles. The number of nitro groups is 1. The van der Waals surface area contributed by atoms with Crippen LogP contribution < -0.4 is 10.5 Å². The number of nitrogens with two attached hydrogens (primary N) is 1. The van der Waals surface area contributed by atoms with E-state index >= 15 is 0 Å². The van der Waals surface area contributed by atoms with Crippen LogP contribution in [0.3, 0.4) is 0 Å². The van der Waals surface area contributed by atoms with Gasteiger partial charge in [0.2, 0.25) is 5.91 Å². The van der Waals surface area contributed by atoms with E-state index in [-0.39, 0.29) is 29.8 Å². The number of primary amides is 1. The van der Waals surface area contributed by atoms with Crippen LogP contribution in [0.2, 0.25) is 0 Å². The predicted molar refractivity (Wildman–Crippen MR) is 92.6 cm³/mol. The third-order valence-corrected chi connectivity index (χ3v) is 3.49. The van der Waals surface area contributed by atoms with Crippen molar-refractivity contribution in [1.82, 2.24) is 0 Å². The Morgan fingerprint density at radius 3 is 2.50 bits per heavy atom. The molecule has 0 spiro atoms. The number of esters is 1. The standard InChI is InChI=1S/C18H18N2O6/c19-18(22)13-8-9-14(16(11-13)20(23)24)12-26-17(21)7-4-10-25-15-5-2-1-3-6-15/h1-3,5-6,8-9,11H,4,7,10,12H2,(H2,19,22).